The highest BCUT2D eigenvalue weighted by Gasteiger charge is 2.51. The Balaban J connectivity index is 1.50. The summed E-state index contributed by atoms with van der Waals surface area (Å²) in [5.74, 6) is 3.81. The van der Waals surface area contributed by atoms with E-state index in [1.54, 1.807) is 6.20 Å². The van der Waals surface area contributed by atoms with E-state index < -0.39 is 5.60 Å². The van der Waals surface area contributed by atoms with Crippen LogP contribution >= 0.6 is 0 Å². The van der Waals surface area contributed by atoms with Crippen LogP contribution in [0.2, 0.25) is 0 Å². The van der Waals surface area contributed by atoms with Crippen molar-refractivity contribution in [1.82, 2.24) is 9.88 Å². The molecule has 1 N–H and O–H groups in total. The lowest BCUT2D eigenvalue weighted by molar-refractivity contribution is -0.148. The Kier molecular flexibility index (Phi) is 5.15. The van der Waals surface area contributed by atoms with Gasteiger partial charge >= 0.3 is 0 Å². The summed E-state index contributed by atoms with van der Waals surface area (Å²) >= 11 is 0. The molecule has 1 aromatic heterocycles. The number of rotatable bonds is 5. The van der Waals surface area contributed by atoms with Gasteiger partial charge in [0, 0.05) is 49.4 Å². The molecule has 27 heavy (non-hydrogen) atoms. The van der Waals surface area contributed by atoms with Crippen molar-refractivity contribution >= 4 is 0 Å². The highest BCUT2D eigenvalue weighted by Crippen LogP contribution is 2.49. The van der Waals surface area contributed by atoms with Crippen LogP contribution in [0.4, 0.5) is 0 Å². The van der Waals surface area contributed by atoms with Gasteiger partial charge in [0.15, 0.2) is 0 Å². The van der Waals surface area contributed by atoms with Gasteiger partial charge in [-0.05, 0) is 36.6 Å². The van der Waals surface area contributed by atoms with E-state index in [0.717, 1.165) is 43.8 Å². The van der Waals surface area contributed by atoms with E-state index >= 15 is 0 Å². The average Bonchev–Trinajstić information content (AvgIpc) is 2.68. The highest BCUT2D eigenvalue weighted by molar-refractivity contribution is 5.29. The fourth-order valence-corrected chi connectivity index (χ4v) is 4.86. The van der Waals surface area contributed by atoms with Gasteiger partial charge in [-0.2, -0.15) is 0 Å². The number of hydrogen-bond donors (Lipinski definition) is 1. The van der Waals surface area contributed by atoms with E-state index in [1.165, 1.54) is 12.0 Å². The topological polar surface area (TPSA) is 45.6 Å². The van der Waals surface area contributed by atoms with Crippen molar-refractivity contribution in [2.75, 3.05) is 19.7 Å². The number of hydrogen-bond acceptors (Lipinski definition) is 4. The summed E-state index contributed by atoms with van der Waals surface area (Å²) < 4.78 is 5.55. The minimum Gasteiger partial charge on any atom is -0.481 e. The predicted molar refractivity (Wildman–Crippen MR) is 105 cm³/mol. The third kappa shape index (κ3) is 3.58. The molecule has 2 atom stereocenters. The second kappa shape index (κ2) is 7.72. The predicted octanol–water partition coefficient (Wildman–Crippen LogP) is 3.21. The number of ether oxygens (including phenoxy) is 1. The molecule has 0 amide bonds. The molecule has 2 aliphatic rings. The molecule has 140 valence electrons. The molecular formula is C23H26N2O2. The largest absolute Gasteiger partial charge is 0.481 e. The minimum absolute atomic E-state index is 0.245. The first-order chi connectivity index (χ1) is 13.2. The standard InChI is InChI=1S/C23H26N2O2/c1-2-12-27-22-10-3-6-18(13-22)15-25-16-20-7-4-8-21(17-25)23(20,26)19-9-5-11-24-14-19/h1,3,5-6,9-11,13-14,20-21,26H,4,7-8,12,15-17H2/t20-,21-/m1/s1. The summed E-state index contributed by atoms with van der Waals surface area (Å²) in [6.45, 7) is 2.95. The number of likely N-dealkylation sites (tertiary alicyclic amines) is 1. The number of aliphatic hydroxyl groups is 1. The molecule has 2 bridgehead atoms. The maximum absolute atomic E-state index is 11.6. The van der Waals surface area contributed by atoms with Gasteiger partial charge in [-0.25, -0.2) is 0 Å². The van der Waals surface area contributed by atoms with E-state index in [9.17, 15) is 5.11 Å². The summed E-state index contributed by atoms with van der Waals surface area (Å²) in [5, 5.41) is 11.6. The Hall–Kier alpha value is -2.35. The van der Waals surface area contributed by atoms with Crippen molar-refractivity contribution < 1.29 is 9.84 Å². The molecule has 1 aliphatic heterocycles. The van der Waals surface area contributed by atoms with Gasteiger partial charge in [0.05, 0.1) is 5.60 Å². The molecule has 0 radical (unpaired) electrons. The third-order valence-corrected chi connectivity index (χ3v) is 6.06. The normalized spacial score (nSPS) is 27.7. The summed E-state index contributed by atoms with van der Waals surface area (Å²) in [6.07, 6.45) is 12.2. The summed E-state index contributed by atoms with van der Waals surface area (Å²) in [7, 11) is 0. The molecule has 0 unspecified atom stereocenters. The van der Waals surface area contributed by atoms with E-state index in [0.29, 0.717) is 0 Å². The zero-order chi connectivity index (χ0) is 18.7. The number of pyridine rings is 1. The number of aromatic nitrogens is 1. The van der Waals surface area contributed by atoms with Gasteiger partial charge in [0.25, 0.3) is 0 Å². The Bertz CT molecular complexity index is 801. The number of terminal acetylenes is 1. The second-order valence-electron chi connectivity index (χ2n) is 7.73. The highest BCUT2D eigenvalue weighted by atomic mass is 16.5. The van der Waals surface area contributed by atoms with Crippen molar-refractivity contribution in [3.8, 4) is 18.1 Å². The number of fused-ring (bicyclic) bond motifs is 2. The lowest BCUT2D eigenvalue weighted by Crippen LogP contribution is -2.57. The molecule has 4 heteroatoms. The van der Waals surface area contributed by atoms with E-state index in [-0.39, 0.29) is 18.4 Å². The first-order valence-electron chi connectivity index (χ1n) is 9.70. The lowest BCUT2D eigenvalue weighted by Gasteiger charge is -2.53. The van der Waals surface area contributed by atoms with Crippen LogP contribution < -0.4 is 4.74 Å². The van der Waals surface area contributed by atoms with Crippen molar-refractivity contribution in [3.63, 3.8) is 0 Å². The second-order valence-corrected chi connectivity index (χ2v) is 7.73. The van der Waals surface area contributed by atoms with Gasteiger partial charge in [-0.15, -0.1) is 6.42 Å². The van der Waals surface area contributed by atoms with Gasteiger partial charge in [-0.1, -0.05) is 30.5 Å². The van der Waals surface area contributed by atoms with E-state index in [2.05, 4.69) is 27.9 Å². The maximum atomic E-state index is 11.6. The summed E-state index contributed by atoms with van der Waals surface area (Å²) in [5.41, 5.74) is 1.44. The summed E-state index contributed by atoms with van der Waals surface area (Å²) in [6, 6.07) is 12.1. The molecule has 2 heterocycles. The molecule has 1 saturated carbocycles. The fourth-order valence-electron chi connectivity index (χ4n) is 4.86. The van der Waals surface area contributed by atoms with Crippen LogP contribution in [-0.4, -0.2) is 34.7 Å². The third-order valence-electron chi connectivity index (χ3n) is 6.06. The first-order valence-corrected chi connectivity index (χ1v) is 9.70. The molecule has 2 aromatic rings. The van der Waals surface area contributed by atoms with Crippen LogP contribution in [0.1, 0.15) is 30.4 Å². The maximum Gasteiger partial charge on any atom is 0.148 e. The minimum atomic E-state index is -0.749. The van der Waals surface area contributed by atoms with Crippen molar-refractivity contribution in [2.45, 2.75) is 31.4 Å². The van der Waals surface area contributed by atoms with Crippen LogP contribution in [0.5, 0.6) is 5.75 Å². The molecule has 1 aromatic carbocycles. The molecular weight excluding hydrogens is 336 g/mol. The number of benzene rings is 1. The molecule has 2 fully saturated rings. The number of piperidine rings is 1. The van der Waals surface area contributed by atoms with Crippen LogP contribution in [-0.2, 0) is 12.1 Å². The number of nitrogens with zero attached hydrogens (tertiary/aromatic N) is 2. The molecule has 1 saturated heterocycles. The van der Waals surface area contributed by atoms with E-state index in [1.807, 2.05) is 30.5 Å². The quantitative estimate of drug-likeness (QED) is 0.830. The molecule has 4 rings (SSSR count). The molecule has 4 nitrogen and oxygen atoms in total. The Morgan fingerprint density at radius 1 is 1.22 bits per heavy atom. The Morgan fingerprint density at radius 2 is 2.04 bits per heavy atom. The van der Waals surface area contributed by atoms with Crippen LogP contribution in [0.15, 0.2) is 48.8 Å². The lowest BCUT2D eigenvalue weighted by atomic mass is 9.63. The summed E-state index contributed by atoms with van der Waals surface area (Å²) in [4.78, 5) is 6.72. The van der Waals surface area contributed by atoms with Crippen molar-refractivity contribution in [2.24, 2.45) is 11.8 Å². The van der Waals surface area contributed by atoms with Gasteiger partial charge in [-0.3, -0.25) is 9.88 Å². The SMILES string of the molecule is C#CCOc1cccc(CN2C[C@H]3CCC[C@H](C2)C3(O)c2cccnc2)c1. The Labute approximate surface area is 161 Å². The first kappa shape index (κ1) is 18.0. The van der Waals surface area contributed by atoms with E-state index in [4.69, 9.17) is 11.2 Å². The van der Waals surface area contributed by atoms with Crippen LogP contribution in [0.3, 0.4) is 0 Å². The van der Waals surface area contributed by atoms with Gasteiger partial charge in [0.2, 0.25) is 0 Å². The van der Waals surface area contributed by atoms with Crippen LogP contribution in [0.25, 0.3) is 0 Å². The Morgan fingerprint density at radius 3 is 2.74 bits per heavy atom. The van der Waals surface area contributed by atoms with Gasteiger partial charge in [0.1, 0.15) is 12.4 Å². The van der Waals surface area contributed by atoms with Gasteiger partial charge < -0.3 is 9.84 Å². The molecule has 1 aliphatic carbocycles. The zero-order valence-electron chi connectivity index (χ0n) is 15.6. The average molecular weight is 362 g/mol. The monoisotopic (exact) mass is 362 g/mol. The smallest absolute Gasteiger partial charge is 0.148 e. The van der Waals surface area contributed by atoms with Crippen molar-refractivity contribution in [1.29, 1.82) is 0 Å². The zero-order valence-corrected chi connectivity index (χ0v) is 15.6. The van der Waals surface area contributed by atoms with Crippen LogP contribution in [0, 0.1) is 24.2 Å². The van der Waals surface area contributed by atoms with Crippen molar-refractivity contribution in [3.05, 3.63) is 59.9 Å². The molecule has 0 spiro atoms. The fraction of sp³-hybridized carbons (Fsp3) is 0.435.